The van der Waals surface area contributed by atoms with Crippen LogP contribution in [0.25, 0.3) is 11.0 Å². The highest BCUT2D eigenvalue weighted by Gasteiger charge is 2.18. The fraction of sp³-hybridized carbons (Fsp3) is 0.300. The number of pyridine rings is 1. The second-order valence-electron chi connectivity index (χ2n) is 6.66. The fourth-order valence-electron chi connectivity index (χ4n) is 3.25. The molecule has 10 nitrogen and oxygen atoms in total. The molecule has 1 aromatic carbocycles. The number of rotatable bonds is 7. The number of benzene rings is 1. The highest BCUT2D eigenvalue weighted by molar-refractivity contribution is 5.79. The lowest BCUT2D eigenvalue weighted by Gasteiger charge is -2.14. The fourth-order valence-corrected chi connectivity index (χ4v) is 3.25. The average Bonchev–Trinajstić information content (AvgIpc) is 3.22. The standard InChI is InChI=1S/C20H20N4O6/c1-28-8-7-21-17(25)11-23-14-3-2-6-22-18(14)19(26)24(20(23)27)10-13-4-5-15-16(9-13)30-12-29-15/h2-6,9H,7-8,10-12H2,1H3,(H,21,25). The summed E-state index contributed by atoms with van der Waals surface area (Å²) in [5.41, 5.74) is -0.0203. The van der Waals surface area contributed by atoms with E-state index in [1.807, 2.05) is 0 Å². The number of carbonyl (C=O) groups is 1. The van der Waals surface area contributed by atoms with Gasteiger partial charge in [-0.3, -0.25) is 18.7 Å². The second-order valence-corrected chi connectivity index (χ2v) is 6.66. The van der Waals surface area contributed by atoms with Gasteiger partial charge in [0, 0.05) is 19.9 Å². The van der Waals surface area contributed by atoms with E-state index in [0.29, 0.717) is 35.7 Å². The van der Waals surface area contributed by atoms with E-state index in [2.05, 4.69) is 10.3 Å². The van der Waals surface area contributed by atoms with E-state index in [-0.39, 0.29) is 31.3 Å². The smallest absolute Gasteiger partial charge is 0.332 e. The van der Waals surface area contributed by atoms with Crippen LogP contribution < -0.4 is 26.0 Å². The first-order valence-corrected chi connectivity index (χ1v) is 9.31. The van der Waals surface area contributed by atoms with E-state index >= 15 is 0 Å². The van der Waals surface area contributed by atoms with Crippen molar-refractivity contribution in [2.75, 3.05) is 27.1 Å². The molecule has 0 bridgehead atoms. The van der Waals surface area contributed by atoms with Gasteiger partial charge in [0.25, 0.3) is 5.56 Å². The molecule has 0 atom stereocenters. The van der Waals surface area contributed by atoms with Crippen molar-refractivity contribution in [1.29, 1.82) is 0 Å². The molecule has 3 aromatic rings. The maximum atomic E-state index is 13.1. The SMILES string of the molecule is COCCNC(=O)Cn1c(=O)n(Cc2ccc3c(c2)OCO3)c(=O)c2ncccc21. The maximum absolute atomic E-state index is 13.1. The molecule has 10 heteroatoms. The number of hydrogen-bond acceptors (Lipinski definition) is 7. The molecule has 0 saturated carbocycles. The predicted molar refractivity (Wildman–Crippen MR) is 107 cm³/mol. The molecule has 0 unspecified atom stereocenters. The van der Waals surface area contributed by atoms with Gasteiger partial charge in [-0.1, -0.05) is 6.07 Å². The molecule has 1 aliphatic rings. The number of amides is 1. The minimum Gasteiger partial charge on any atom is -0.454 e. The Labute approximate surface area is 170 Å². The van der Waals surface area contributed by atoms with Crippen molar-refractivity contribution in [3.63, 3.8) is 0 Å². The summed E-state index contributed by atoms with van der Waals surface area (Å²) in [4.78, 5) is 42.5. The third-order valence-electron chi connectivity index (χ3n) is 4.69. The number of ether oxygens (including phenoxy) is 3. The Morgan fingerprint density at radius 1 is 1.20 bits per heavy atom. The number of nitrogens with one attached hydrogen (secondary N) is 1. The third-order valence-corrected chi connectivity index (χ3v) is 4.69. The van der Waals surface area contributed by atoms with Gasteiger partial charge in [-0.2, -0.15) is 0 Å². The van der Waals surface area contributed by atoms with Crippen LogP contribution in [-0.2, 0) is 22.6 Å². The molecule has 30 heavy (non-hydrogen) atoms. The van der Waals surface area contributed by atoms with Crippen LogP contribution in [0.3, 0.4) is 0 Å². The first-order valence-electron chi connectivity index (χ1n) is 9.31. The highest BCUT2D eigenvalue weighted by atomic mass is 16.7. The molecule has 0 fully saturated rings. The number of fused-ring (bicyclic) bond motifs is 2. The Morgan fingerprint density at radius 3 is 2.87 bits per heavy atom. The zero-order valence-electron chi connectivity index (χ0n) is 16.3. The van der Waals surface area contributed by atoms with Gasteiger partial charge in [0.2, 0.25) is 12.7 Å². The minimum atomic E-state index is -0.597. The highest BCUT2D eigenvalue weighted by Crippen LogP contribution is 2.32. The average molecular weight is 412 g/mol. The van der Waals surface area contributed by atoms with E-state index in [4.69, 9.17) is 14.2 Å². The maximum Gasteiger partial charge on any atom is 0.332 e. The topological polar surface area (TPSA) is 114 Å². The van der Waals surface area contributed by atoms with Crippen molar-refractivity contribution < 1.29 is 19.0 Å². The zero-order valence-corrected chi connectivity index (χ0v) is 16.3. The summed E-state index contributed by atoms with van der Waals surface area (Å²) in [6, 6.07) is 8.41. The molecular weight excluding hydrogens is 392 g/mol. The Kier molecular flexibility index (Phi) is 5.48. The Hall–Kier alpha value is -3.66. The number of methoxy groups -OCH3 is 1. The van der Waals surface area contributed by atoms with Crippen LogP contribution in [0.4, 0.5) is 0 Å². The number of aromatic nitrogens is 3. The molecule has 0 radical (unpaired) electrons. The van der Waals surface area contributed by atoms with Crippen LogP contribution >= 0.6 is 0 Å². The van der Waals surface area contributed by atoms with E-state index < -0.39 is 11.2 Å². The number of hydrogen-bond donors (Lipinski definition) is 1. The molecule has 4 rings (SSSR count). The lowest BCUT2D eigenvalue weighted by atomic mass is 10.2. The Morgan fingerprint density at radius 2 is 2.03 bits per heavy atom. The van der Waals surface area contributed by atoms with Crippen molar-refractivity contribution in [3.8, 4) is 11.5 Å². The normalized spacial score (nSPS) is 12.3. The van der Waals surface area contributed by atoms with Crippen LogP contribution in [0.1, 0.15) is 5.56 Å². The Bertz CT molecular complexity index is 1220. The predicted octanol–water partition coefficient (Wildman–Crippen LogP) is 0.0978. The van der Waals surface area contributed by atoms with Crippen molar-refractivity contribution in [3.05, 3.63) is 62.9 Å². The lowest BCUT2D eigenvalue weighted by Crippen LogP contribution is -2.43. The van der Waals surface area contributed by atoms with Crippen LogP contribution in [0.15, 0.2) is 46.1 Å². The zero-order chi connectivity index (χ0) is 21.1. The summed E-state index contributed by atoms with van der Waals surface area (Å²) in [6.07, 6.45) is 1.47. The first kappa shape index (κ1) is 19.6. The minimum absolute atomic E-state index is 0.00607. The second kappa shape index (κ2) is 8.37. The van der Waals surface area contributed by atoms with E-state index in [1.165, 1.54) is 17.9 Å². The third kappa shape index (κ3) is 3.77. The van der Waals surface area contributed by atoms with Crippen molar-refractivity contribution in [2.24, 2.45) is 0 Å². The molecule has 0 aliphatic carbocycles. The van der Waals surface area contributed by atoms with Gasteiger partial charge in [0.15, 0.2) is 17.0 Å². The Balaban J connectivity index is 1.73. The summed E-state index contributed by atoms with van der Waals surface area (Å²) in [5, 5.41) is 2.67. The first-order chi connectivity index (χ1) is 14.6. The molecule has 156 valence electrons. The largest absolute Gasteiger partial charge is 0.454 e. The monoisotopic (exact) mass is 412 g/mol. The van der Waals surface area contributed by atoms with Crippen LogP contribution in [0, 0.1) is 0 Å². The van der Waals surface area contributed by atoms with E-state index in [9.17, 15) is 14.4 Å². The molecule has 0 spiro atoms. The summed E-state index contributed by atoms with van der Waals surface area (Å²) >= 11 is 0. The van der Waals surface area contributed by atoms with Crippen molar-refractivity contribution in [2.45, 2.75) is 13.1 Å². The van der Waals surface area contributed by atoms with Gasteiger partial charge in [0.1, 0.15) is 6.54 Å². The van der Waals surface area contributed by atoms with Crippen LogP contribution in [-0.4, -0.2) is 47.1 Å². The molecule has 3 heterocycles. The van der Waals surface area contributed by atoms with Gasteiger partial charge in [-0.25, -0.2) is 9.78 Å². The molecular formula is C20H20N4O6. The van der Waals surface area contributed by atoms with E-state index in [1.54, 1.807) is 30.3 Å². The molecule has 1 amide bonds. The van der Waals surface area contributed by atoms with Gasteiger partial charge < -0.3 is 19.5 Å². The van der Waals surface area contributed by atoms with Crippen molar-refractivity contribution >= 4 is 16.9 Å². The summed E-state index contributed by atoms with van der Waals surface area (Å²) in [5.74, 6) is 0.793. The van der Waals surface area contributed by atoms with Gasteiger partial charge in [-0.15, -0.1) is 0 Å². The van der Waals surface area contributed by atoms with Crippen LogP contribution in [0.2, 0.25) is 0 Å². The quantitative estimate of drug-likeness (QED) is 0.548. The summed E-state index contributed by atoms with van der Waals surface area (Å²) < 4.78 is 17.9. The van der Waals surface area contributed by atoms with Gasteiger partial charge in [0.05, 0.1) is 18.7 Å². The summed E-state index contributed by atoms with van der Waals surface area (Å²) in [6.45, 7) is 0.561. The van der Waals surface area contributed by atoms with E-state index in [0.717, 1.165) is 4.57 Å². The van der Waals surface area contributed by atoms with Gasteiger partial charge in [-0.05, 0) is 29.8 Å². The number of nitrogens with zero attached hydrogens (tertiary/aromatic N) is 3. The molecule has 0 saturated heterocycles. The van der Waals surface area contributed by atoms with Crippen LogP contribution in [0.5, 0.6) is 11.5 Å². The number of carbonyl (C=O) groups excluding carboxylic acids is 1. The van der Waals surface area contributed by atoms with Crippen molar-refractivity contribution in [1.82, 2.24) is 19.4 Å². The molecule has 1 aliphatic heterocycles. The molecule has 2 aromatic heterocycles. The van der Waals surface area contributed by atoms with Gasteiger partial charge >= 0.3 is 5.69 Å². The summed E-state index contributed by atoms with van der Waals surface area (Å²) in [7, 11) is 1.53. The molecule has 1 N–H and O–H groups in total. The lowest BCUT2D eigenvalue weighted by molar-refractivity contribution is -0.121.